The molecule has 6 heteroatoms. The third-order valence-electron chi connectivity index (χ3n) is 1.76. The van der Waals surface area contributed by atoms with Crippen molar-refractivity contribution in [2.75, 3.05) is 18.5 Å². The number of nitriles is 1. The molecule has 0 radical (unpaired) electrons. The Morgan fingerprint density at radius 1 is 1.80 bits per heavy atom. The normalized spacial score (nSPS) is 9.60. The molecule has 0 aromatic carbocycles. The van der Waals surface area contributed by atoms with Crippen LogP contribution in [0.3, 0.4) is 0 Å². The summed E-state index contributed by atoms with van der Waals surface area (Å²) in [5, 5.41) is 19.5. The molecule has 0 bridgehead atoms. The van der Waals surface area contributed by atoms with Crippen LogP contribution in [0.5, 0.6) is 0 Å². The van der Waals surface area contributed by atoms with E-state index in [1.165, 1.54) is 11.3 Å². The van der Waals surface area contributed by atoms with Gasteiger partial charge in [0.05, 0.1) is 24.6 Å². The topological polar surface area (TPSA) is 77.2 Å². The highest BCUT2D eigenvalue weighted by molar-refractivity contribution is 7.13. The second kappa shape index (κ2) is 5.32. The second-order valence-electron chi connectivity index (χ2n) is 3.02. The average Bonchev–Trinajstić information content (AvgIpc) is 2.61. The molecular formula is C9H11N3O2S. The van der Waals surface area contributed by atoms with Crippen LogP contribution in [0.25, 0.3) is 0 Å². The van der Waals surface area contributed by atoms with E-state index in [0.717, 1.165) is 5.13 Å². The first-order valence-corrected chi connectivity index (χ1v) is 5.25. The van der Waals surface area contributed by atoms with E-state index in [4.69, 9.17) is 10.4 Å². The number of nitrogens with zero attached hydrogens (tertiary/aromatic N) is 3. The van der Waals surface area contributed by atoms with Crippen LogP contribution in [0, 0.1) is 11.3 Å². The van der Waals surface area contributed by atoms with Gasteiger partial charge in [-0.25, -0.2) is 4.98 Å². The molecule has 0 atom stereocenters. The van der Waals surface area contributed by atoms with Crippen molar-refractivity contribution >= 4 is 22.4 Å². The smallest absolute Gasteiger partial charge is 0.309 e. The van der Waals surface area contributed by atoms with Gasteiger partial charge >= 0.3 is 5.97 Å². The molecule has 80 valence electrons. The van der Waals surface area contributed by atoms with Crippen LogP contribution in [-0.4, -0.2) is 29.7 Å². The Bertz CT molecular complexity index is 383. The maximum Gasteiger partial charge on any atom is 0.309 e. The van der Waals surface area contributed by atoms with Crippen LogP contribution in [0.4, 0.5) is 5.13 Å². The van der Waals surface area contributed by atoms with Gasteiger partial charge in [0.15, 0.2) is 5.13 Å². The van der Waals surface area contributed by atoms with Gasteiger partial charge in [0.2, 0.25) is 0 Å². The zero-order chi connectivity index (χ0) is 11.3. The number of rotatable bonds is 5. The lowest BCUT2D eigenvalue weighted by molar-refractivity contribution is -0.136. The SMILES string of the molecule is CN(CCC#N)c1nc(CC(=O)O)cs1. The van der Waals surface area contributed by atoms with E-state index in [1.54, 1.807) is 5.38 Å². The minimum Gasteiger partial charge on any atom is -0.481 e. The van der Waals surface area contributed by atoms with Gasteiger partial charge in [-0.3, -0.25) is 4.79 Å². The molecule has 0 aliphatic rings. The highest BCUT2D eigenvalue weighted by Crippen LogP contribution is 2.19. The van der Waals surface area contributed by atoms with E-state index in [9.17, 15) is 4.79 Å². The van der Waals surface area contributed by atoms with E-state index in [-0.39, 0.29) is 6.42 Å². The van der Waals surface area contributed by atoms with Crippen molar-refractivity contribution in [3.63, 3.8) is 0 Å². The minimum absolute atomic E-state index is 0.0530. The molecule has 0 spiro atoms. The third kappa shape index (κ3) is 3.56. The van der Waals surface area contributed by atoms with Crippen molar-refractivity contribution in [3.8, 4) is 6.07 Å². The van der Waals surface area contributed by atoms with Crippen molar-refractivity contribution in [2.45, 2.75) is 12.8 Å². The monoisotopic (exact) mass is 225 g/mol. The Morgan fingerprint density at radius 2 is 2.53 bits per heavy atom. The second-order valence-corrected chi connectivity index (χ2v) is 3.86. The number of carboxylic acids is 1. The summed E-state index contributed by atoms with van der Waals surface area (Å²) in [6.07, 6.45) is 0.382. The lowest BCUT2D eigenvalue weighted by Gasteiger charge is -2.12. The maximum absolute atomic E-state index is 10.4. The number of hydrogen-bond acceptors (Lipinski definition) is 5. The van der Waals surface area contributed by atoms with Crippen molar-refractivity contribution in [1.29, 1.82) is 5.26 Å². The van der Waals surface area contributed by atoms with E-state index in [1.807, 2.05) is 18.0 Å². The largest absolute Gasteiger partial charge is 0.481 e. The first kappa shape index (κ1) is 11.5. The zero-order valence-corrected chi connectivity index (χ0v) is 9.12. The Balaban J connectivity index is 2.59. The van der Waals surface area contributed by atoms with Crippen LogP contribution in [0.2, 0.25) is 0 Å². The number of anilines is 1. The molecule has 15 heavy (non-hydrogen) atoms. The Labute approximate surface area is 91.6 Å². The summed E-state index contributed by atoms with van der Waals surface area (Å²) >= 11 is 1.39. The van der Waals surface area contributed by atoms with Gasteiger partial charge in [-0.2, -0.15) is 5.26 Å². The van der Waals surface area contributed by atoms with E-state index in [2.05, 4.69) is 4.98 Å². The predicted octanol–water partition coefficient (Wildman–Crippen LogP) is 1.12. The molecule has 1 N–H and O–H groups in total. The summed E-state index contributed by atoms with van der Waals surface area (Å²) < 4.78 is 0. The molecule has 0 saturated heterocycles. The summed E-state index contributed by atoms with van der Waals surface area (Å²) in [6.45, 7) is 0.608. The van der Waals surface area contributed by atoms with Gasteiger partial charge in [-0.15, -0.1) is 11.3 Å². The van der Waals surface area contributed by atoms with Crippen LogP contribution in [-0.2, 0) is 11.2 Å². The van der Waals surface area contributed by atoms with Gasteiger partial charge < -0.3 is 10.0 Å². The van der Waals surface area contributed by atoms with Crippen LogP contribution >= 0.6 is 11.3 Å². The molecule has 0 aliphatic carbocycles. The standard InChI is InChI=1S/C9H11N3O2S/c1-12(4-2-3-10)9-11-7(6-15-9)5-8(13)14/h6H,2,4-5H2,1H3,(H,13,14). The number of carbonyl (C=O) groups is 1. The highest BCUT2D eigenvalue weighted by Gasteiger charge is 2.08. The summed E-state index contributed by atoms with van der Waals surface area (Å²) in [5.74, 6) is -0.883. The summed E-state index contributed by atoms with van der Waals surface area (Å²) in [5.41, 5.74) is 0.561. The lowest BCUT2D eigenvalue weighted by Crippen LogP contribution is -2.17. The lowest BCUT2D eigenvalue weighted by atomic mass is 10.3. The Hall–Kier alpha value is -1.61. The number of aliphatic carboxylic acids is 1. The van der Waals surface area contributed by atoms with Crippen LogP contribution in [0.1, 0.15) is 12.1 Å². The number of hydrogen-bond donors (Lipinski definition) is 1. The molecule has 1 aromatic heterocycles. The van der Waals surface area contributed by atoms with Gasteiger partial charge in [0.1, 0.15) is 0 Å². The fourth-order valence-electron chi connectivity index (χ4n) is 1.02. The molecule has 0 amide bonds. The number of thiazole rings is 1. The molecule has 1 heterocycles. The molecule has 0 saturated carbocycles. The quantitative estimate of drug-likeness (QED) is 0.812. The zero-order valence-electron chi connectivity index (χ0n) is 8.30. The van der Waals surface area contributed by atoms with Crippen molar-refractivity contribution in [2.24, 2.45) is 0 Å². The predicted molar refractivity (Wildman–Crippen MR) is 57.0 cm³/mol. The van der Waals surface area contributed by atoms with Gasteiger partial charge in [-0.05, 0) is 0 Å². The summed E-state index contributed by atoms with van der Waals surface area (Å²) in [7, 11) is 1.83. The number of aromatic nitrogens is 1. The van der Waals surface area contributed by atoms with Crippen molar-refractivity contribution < 1.29 is 9.90 Å². The fraction of sp³-hybridized carbons (Fsp3) is 0.444. The van der Waals surface area contributed by atoms with Gasteiger partial charge in [-0.1, -0.05) is 0 Å². The first-order valence-electron chi connectivity index (χ1n) is 4.37. The third-order valence-corrected chi connectivity index (χ3v) is 2.76. The van der Waals surface area contributed by atoms with Crippen molar-refractivity contribution in [3.05, 3.63) is 11.1 Å². The Morgan fingerprint density at radius 3 is 3.13 bits per heavy atom. The molecule has 0 unspecified atom stereocenters. The van der Waals surface area contributed by atoms with E-state index >= 15 is 0 Å². The molecule has 1 rings (SSSR count). The fourth-order valence-corrected chi connectivity index (χ4v) is 1.84. The first-order chi connectivity index (χ1) is 7.13. The maximum atomic E-state index is 10.4. The van der Waals surface area contributed by atoms with Crippen molar-refractivity contribution in [1.82, 2.24) is 4.98 Å². The van der Waals surface area contributed by atoms with E-state index in [0.29, 0.717) is 18.7 Å². The Kier molecular flexibility index (Phi) is 4.06. The average molecular weight is 225 g/mol. The molecule has 1 aromatic rings. The minimum atomic E-state index is -0.883. The molecule has 5 nitrogen and oxygen atoms in total. The van der Waals surface area contributed by atoms with Crippen LogP contribution < -0.4 is 4.90 Å². The summed E-state index contributed by atoms with van der Waals surface area (Å²) in [6, 6.07) is 2.05. The van der Waals surface area contributed by atoms with Crippen LogP contribution in [0.15, 0.2) is 5.38 Å². The molecular weight excluding hydrogens is 214 g/mol. The molecule has 0 fully saturated rings. The van der Waals surface area contributed by atoms with Gasteiger partial charge in [0, 0.05) is 19.0 Å². The van der Waals surface area contributed by atoms with Gasteiger partial charge in [0.25, 0.3) is 0 Å². The van der Waals surface area contributed by atoms with E-state index < -0.39 is 5.97 Å². The highest BCUT2D eigenvalue weighted by atomic mass is 32.1. The summed E-state index contributed by atoms with van der Waals surface area (Å²) in [4.78, 5) is 16.4. The molecule has 0 aliphatic heterocycles. The number of carboxylic acid groups (broad SMARTS) is 1.